The van der Waals surface area contributed by atoms with Gasteiger partial charge in [0.05, 0.1) is 16.1 Å². The van der Waals surface area contributed by atoms with E-state index in [0.29, 0.717) is 11.8 Å². The van der Waals surface area contributed by atoms with Gasteiger partial charge in [0.1, 0.15) is 0 Å². The Bertz CT molecular complexity index is 1070. The van der Waals surface area contributed by atoms with Crippen LogP contribution in [0.3, 0.4) is 0 Å². The van der Waals surface area contributed by atoms with Crippen LogP contribution in [-0.2, 0) is 6.42 Å². The van der Waals surface area contributed by atoms with Gasteiger partial charge in [-0.15, -0.1) is 11.3 Å². The van der Waals surface area contributed by atoms with Gasteiger partial charge in [0.2, 0.25) is 0 Å². The molecule has 4 aromatic rings. The van der Waals surface area contributed by atoms with E-state index in [1.807, 2.05) is 24.0 Å². The van der Waals surface area contributed by atoms with Crippen molar-refractivity contribution in [2.45, 2.75) is 39.0 Å². The molecule has 2 heterocycles. The van der Waals surface area contributed by atoms with Gasteiger partial charge in [0, 0.05) is 18.0 Å². The zero-order valence-corrected chi connectivity index (χ0v) is 18.0. The molecule has 1 atom stereocenters. The van der Waals surface area contributed by atoms with Crippen molar-refractivity contribution in [1.29, 1.82) is 0 Å². The largest absolute Gasteiger partial charge is 0.256 e. The molecule has 0 saturated carbocycles. The number of pyridine rings is 1. The first-order chi connectivity index (χ1) is 14.1. The molecule has 1 unspecified atom stereocenters. The molecule has 0 N–H and O–H groups in total. The summed E-state index contributed by atoms with van der Waals surface area (Å²) < 4.78 is 0. The van der Waals surface area contributed by atoms with E-state index in [9.17, 15) is 0 Å². The van der Waals surface area contributed by atoms with E-state index in [1.54, 1.807) is 11.3 Å². The van der Waals surface area contributed by atoms with E-state index in [-0.39, 0.29) is 0 Å². The van der Waals surface area contributed by atoms with Crippen molar-refractivity contribution in [2.24, 2.45) is 0 Å². The molecule has 0 aliphatic rings. The average molecular weight is 399 g/mol. The fourth-order valence-electron chi connectivity index (χ4n) is 3.80. The zero-order valence-electron chi connectivity index (χ0n) is 17.2. The predicted octanol–water partition coefficient (Wildman–Crippen LogP) is 7.34. The average Bonchev–Trinajstić information content (AvgIpc) is 3.29. The maximum atomic E-state index is 4.56. The Morgan fingerprint density at radius 2 is 1.83 bits per heavy atom. The van der Waals surface area contributed by atoms with E-state index < -0.39 is 0 Å². The standard InChI is InChI=1S/C26H26N2S/c1-18(2)24-14-20(10-11-23(24)25-9-4-5-12-28-25)13-19(3)21-7-6-8-22(15-21)26-16-27-17-29-26/h4-12,14-19H,13H2,1-3H3. The highest BCUT2D eigenvalue weighted by atomic mass is 32.1. The lowest BCUT2D eigenvalue weighted by atomic mass is 9.88. The quantitative estimate of drug-likeness (QED) is 0.339. The number of nitrogens with zero attached hydrogens (tertiary/aromatic N) is 2. The van der Waals surface area contributed by atoms with E-state index in [4.69, 9.17) is 0 Å². The smallest absolute Gasteiger partial charge is 0.0797 e. The third-order valence-electron chi connectivity index (χ3n) is 5.39. The lowest BCUT2D eigenvalue weighted by Gasteiger charge is -2.17. The van der Waals surface area contributed by atoms with Crippen LogP contribution in [0.4, 0.5) is 0 Å². The van der Waals surface area contributed by atoms with Crippen LogP contribution in [0.15, 0.2) is 78.6 Å². The molecule has 0 bridgehead atoms. The van der Waals surface area contributed by atoms with Crippen LogP contribution in [0, 0.1) is 0 Å². The molecular weight excluding hydrogens is 372 g/mol. The highest BCUT2D eigenvalue weighted by molar-refractivity contribution is 7.13. The van der Waals surface area contributed by atoms with Gasteiger partial charge in [-0.1, -0.05) is 69.3 Å². The summed E-state index contributed by atoms with van der Waals surface area (Å²) >= 11 is 1.69. The first kappa shape index (κ1) is 19.5. The van der Waals surface area contributed by atoms with Crippen molar-refractivity contribution < 1.29 is 0 Å². The van der Waals surface area contributed by atoms with Crippen molar-refractivity contribution in [3.8, 4) is 21.7 Å². The second kappa shape index (κ2) is 8.71. The van der Waals surface area contributed by atoms with Crippen molar-refractivity contribution in [1.82, 2.24) is 9.97 Å². The van der Waals surface area contributed by atoms with Gasteiger partial charge >= 0.3 is 0 Å². The Labute approximate surface area is 177 Å². The van der Waals surface area contributed by atoms with Gasteiger partial charge in [0.15, 0.2) is 0 Å². The normalized spacial score (nSPS) is 12.3. The molecule has 0 fully saturated rings. The minimum atomic E-state index is 0.448. The minimum absolute atomic E-state index is 0.448. The molecule has 0 radical (unpaired) electrons. The molecule has 0 aliphatic heterocycles. The maximum absolute atomic E-state index is 4.56. The van der Waals surface area contributed by atoms with Gasteiger partial charge in [-0.25, -0.2) is 0 Å². The van der Waals surface area contributed by atoms with E-state index in [2.05, 4.69) is 85.3 Å². The van der Waals surface area contributed by atoms with Crippen LogP contribution < -0.4 is 0 Å². The molecule has 0 aliphatic carbocycles. The highest BCUT2D eigenvalue weighted by Gasteiger charge is 2.13. The van der Waals surface area contributed by atoms with Crippen molar-refractivity contribution in [2.75, 3.05) is 0 Å². The molecule has 0 spiro atoms. The topological polar surface area (TPSA) is 25.8 Å². The van der Waals surface area contributed by atoms with Gasteiger partial charge in [-0.05, 0) is 52.6 Å². The van der Waals surface area contributed by atoms with E-state index in [0.717, 1.165) is 12.1 Å². The van der Waals surface area contributed by atoms with Gasteiger partial charge < -0.3 is 0 Å². The van der Waals surface area contributed by atoms with E-state index in [1.165, 1.54) is 32.7 Å². The van der Waals surface area contributed by atoms with Crippen LogP contribution in [0.25, 0.3) is 21.7 Å². The second-order valence-electron chi connectivity index (χ2n) is 7.89. The lowest BCUT2D eigenvalue weighted by molar-refractivity contribution is 0.756. The molecule has 146 valence electrons. The molecule has 2 nitrogen and oxygen atoms in total. The number of hydrogen-bond acceptors (Lipinski definition) is 3. The monoisotopic (exact) mass is 398 g/mol. The molecule has 2 aromatic heterocycles. The van der Waals surface area contributed by atoms with Crippen LogP contribution in [-0.4, -0.2) is 9.97 Å². The summed E-state index contributed by atoms with van der Waals surface area (Å²) in [7, 11) is 0. The summed E-state index contributed by atoms with van der Waals surface area (Å²) in [5, 5.41) is 0. The second-order valence-corrected chi connectivity index (χ2v) is 8.77. The lowest BCUT2D eigenvalue weighted by Crippen LogP contribution is -2.01. The summed E-state index contributed by atoms with van der Waals surface area (Å²) in [6, 6.07) is 21.9. The Morgan fingerprint density at radius 3 is 2.55 bits per heavy atom. The Balaban J connectivity index is 1.60. The number of hydrogen-bond donors (Lipinski definition) is 0. The number of aromatic nitrogens is 2. The van der Waals surface area contributed by atoms with Gasteiger partial charge in [-0.3, -0.25) is 9.97 Å². The van der Waals surface area contributed by atoms with Crippen LogP contribution >= 0.6 is 11.3 Å². The van der Waals surface area contributed by atoms with Crippen molar-refractivity contribution >= 4 is 11.3 Å². The fraction of sp³-hybridized carbons (Fsp3) is 0.231. The van der Waals surface area contributed by atoms with Gasteiger partial charge in [0.25, 0.3) is 0 Å². The maximum Gasteiger partial charge on any atom is 0.0797 e. The number of rotatable bonds is 6. The first-order valence-electron chi connectivity index (χ1n) is 10.1. The first-order valence-corrected chi connectivity index (χ1v) is 11.0. The third kappa shape index (κ3) is 4.46. The van der Waals surface area contributed by atoms with Crippen LogP contribution in [0.5, 0.6) is 0 Å². The molecule has 0 saturated heterocycles. The molecule has 4 rings (SSSR count). The zero-order chi connectivity index (χ0) is 20.2. The molecule has 3 heteroatoms. The highest BCUT2D eigenvalue weighted by Crippen LogP contribution is 2.32. The summed E-state index contributed by atoms with van der Waals surface area (Å²) in [5.74, 6) is 0.903. The van der Waals surface area contributed by atoms with Crippen LogP contribution in [0.1, 0.15) is 49.3 Å². The van der Waals surface area contributed by atoms with Crippen molar-refractivity contribution in [3.63, 3.8) is 0 Å². The number of thiazole rings is 1. The fourth-order valence-corrected chi connectivity index (χ4v) is 4.42. The predicted molar refractivity (Wildman–Crippen MR) is 123 cm³/mol. The molecule has 29 heavy (non-hydrogen) atoms. The summed E-state index contributed by atoms with van der Waals surface area (Å²) in [4.78, 5) is 10.00. The third-order valence-corrected chi connectivity index (χ3v) is 6.22. The molecule has 0 amide bonds. The Kier molecular flexibility index (Phi) is 5.86. The SMILES string of the molecule is CC(C)c1cc(CC(C)c2cccc(-c3cncs3)c2)ccc1-c1ccccn1. The summed E-state index contributed by atoms with van der Waals surface area (Å²) in [6.45, 7) is 6.83. The van der Waals surface area contributed by atoms with Gasteiger partial charge in [-0.2, -0.15) is 0 Å². The molecule has 2 aromatic carbocycles. The minimum Gasteiger partial charge on any atom is -0.256 e. The van der Waals surface area contributed by atoms with E-state index >= 15 is 0 Å². The Morgan fingerprint density at radius 1 is 0.931 bits per heavy atom. The number of benzene rings is 2. The molecular formula is C26H26N2S. The van der Waals surface area contributed by atoms with Crippen molar-refractivity contribution in [3.05, 3.63) is 95.3 Å². The summed E-state index contributed by atoms with van der Waals surface area (Å²) in [6.07, 6.45) is 4.83. The Hall–Kier alpha value is -2.78. The van der Waals surface area contributed by atoms with Crippen LogP contribution in [0.2, 0.25) is 0 Å². The summed E-state index contributed by atoms with van der Waals surface area (Å²) in [5.41, 5.74) is 9.55.